The monoisotopic (exact) mass is 347 g/mol. The van der Waals surface area contributed by atoms with Gasteiger partial charge in [-0.05, 0) is 48.8 Å². The van der Waals surface area contributed by atoms with Crippen LogP contribution in [0.5, 0.6) is 5.75 Å². The fourth-order valence-electron chi connectivity index (χ4n) is 3.46. The van der Waals surface area contributed by atoms with Crippen LogP contribution in [0, 0.1) is 18.8 Å². The van der Waals surface area contributed by atoms with Crippen molar-refractivity contribution in [2.45, 2.75) is 52.4 Å². The van der Waals surface area contributed by atoms with Crippen molar-refractivity contribution in [1.29, 1.82) is 0 Å². The maximum atomic E-state index is 12.1. The molecule has 1 amide bonds. The Kier molecular flexibility index (Phi) is 6.85. The molecular weight excluding hydrogens is 318 g/mol. The molecule has 2 atom stereocenters. The van der Waals surface area contributed by atoms with E-state index in [0.29, 0.717) is 18.9 Å². The highest BCUT2D eigenvalue weighted by molar-refractivity contribution is 5.77. The molecule has 0 aromatic heterocycles. The van der Waals surface area contributed by atoms with Gasteiger partial charge in [-0.15, -0.1) is 0 Å². The van der Waals surface area contributed by atoms with Crippen LogP contribution in [0.4, 0.5) is 0 Å². The molecule has 0 bridgehead atoms. The summed E-state index contributed by atoms with van der Waals surface area (Å²) in [5, 5.41) is 12.1. The van der Waals surface area contributed by atoms with Gasteiger partial charge in [-0.2, -0.15) is 0 Å². The number of nitrogens with one attached hydrogen (secondary N) is 1. The number of carboxylic acids is 1. The number of benzene rings is 1. The Morgan fingerprint density at radius 3 is 2.68 bits per heavy atom. The lowest BCUT2D eigenvalue weighted by atomic mass is 9.79. The summed E-state index contributed by atoms with van der Waals surface area (Å²) in [4.78, 5) is 23.4. The van der Waals surface area contributed by atoms with E-state index in [9.17, 15) is 14.7 Å². The topological polar surface area (TPSA) is 75.6 Å². The molecule has 25 heavy (non-hydrogen) atoms. The predicted octanol–water partition coefficient (Wildman–Crippen LogP) is 3.50. The van der Waals surface area contributed by atoms with Crippen molar-refractivity contribution in [3.8, 4) is 5.75 Å². The standard InChI is InChI=1S/C20H29NO4/c1-13(2)16-9-8-14(3)10-18(16)25-12-19(22)21-11-15-6-4-5-7-17(15)20(23)24/h8-10,13,15,17H,4-7,11-12H2,1-3H3,(H,21,22)(H,23,24)/t15-,17-/m0/s1. The van der Waals surface area contributed by atoms with E-state index in [-0.39, 0.29) is 24.3 Å². The summed E-state index contributed by atoms with van der Waals surface area (Å²) >= 11 is 0. The minimum atomic E-state index is -0.753. The molecule has 1 aromatic rings. The van der Waals surface area contributed by atoms with E-state index in [4.69, 9.17) is 4.74 Å². The molecule has 0 aliphatic heterocycles. The zero-order chi connectivity index (χ0) is 18.4. The van der Waals surface area contributed by atoms with Crippen LogP contribution < -0.4 is 10.1 Å². The predicted molar refractivity (Wildman–Crippen MR) is 96.9 cm³/mol. The number of hydrogen-bond acceptors (Lipinski definition) is 3. The van der Waals surface area contributed by atoms with Gasteiger partial charge in [-0.3, -0.25) is 9.59 Å². The van der Waals surface area contributed by atoms with Crippen molar-refractivity contribution in [2.75, 3.05) is 13.2 Å². The van der Waals surface area contributed by atoms with E-state index in [2.05, 4.69) is 19.2 Å². The van der Waals surface area contributed by atoms with Crippen molar-refractivity contribution < 1.29 is 19.4 Å². The highest BCUT2D eigenvalue weighted by atomic mass is 16.5. The Morgan fingerprint density at radius 2 is 2.00 bits per heavy atom. The molecule has 0 saturated heterocycles. The number of aryl methyl sites for hydroxylation is 1. The summed E-state index contributed by atoms with van der Waals surface area (Å²) in [5.74, 6) is -0.231. The Labute approximate surface area is 149 Å². The normalized spacial score (nSPS) is 20.3. The van der Waals surface area contributed by atoms with Crippen LogP contribution in [0.25, 0.3) is 0 Å². The highest BCUT2D eigenvalue weighted by Gasteiger charge is 2.30. The van der Waals surface area contributed by atoms with Crippen LogP contribution in [0.3, 0.4) is 0 Å². The molecule has 0 spiro atoms. The number of carbonyl (C=O) groups is 2. The second-order valence-corrected chi connectivity index (χ2v) is 7.28. The van der Waals surface area contributed by atoms with Gasteiger partial charge in [0, 0.05) is 6.54 Å². The van der Waals surface area contributed by atoms with Crippen LogP contribution in [0.1, 0.15) is 56.6 Å². The van der Waals surface area contributed by atoms with Crippen LogP contribution in [-0.4, -0.2) is 30.1 Å². The van der Waals surface area contributed by atoms with Crippen LogP contribution in [0.2, 0.25) is 0 Å². The number of carboxylic acid groups (broad SMARTS) is 1. The summed E-state index contributed by atoms with van der Waals surface area (Å²) in [6.45, 7) is 6.53. The molecule has 2 rings (SSSR count). The largest absolute Gasteiger partial charge is 0.483 e. The molecule has 0 radical (unpaired) electrons. The van der Waals surface area contributed by atoms with E-state index in [1.54, 1.807) is 0 Å². The maximum absolute atomic E-state index is 12.1. The van der Waals surface area contributed by atoms with E-state index in [1.165, 1.54) is 0 Å². The van der Waals surface area contributed by atoms with Gasteiger partial charge in [0.25, 0.3) is 5.91 Å². The van der Waals surface area contributed by atoms with E-state index < -0.39 is 5.97 Å². The van der Waals surface area contributed by atoms with E-state index in [1.807, 2.05) is 25.1 Å². The maximum Gasteiger partial charge on any atom is 0.306 e. The lowest BCUT2D eigenvalue weighted by Crippen LogP contribution is -2.38. The smallest absolute Gasteiger partial charge is 0.306 e. The molecule has 0 unspecified atom stereocenters. The fraction of sp³-hybridized carbons (Fsp3) is 0.600. The van der Waals surface area contributed by atoms with Gasteiger partial charge in [-0.1, -0.05) is 38.8 Å². The van der Waals surface area contributed by atoms with Crippen molar-refractivity contribution in [3.05, 3.63) is 29.3 Å². The number of aliphatic carboxylic acids is 1. The minimum Gasteiger partial charge on any atom is -0.483 e. The fourth-order valence-corrected chi connectivity index (χ4v) is 3.46. The lowest BCUT2D eigenvalue weighted by molar-refractivity contribution is -0.145. The first-order chi connectivity index (χ1) is 11.9. The third-order valence-electron chi connectivity index (χ3n) is 4.94. The third-order valence-corrected chi connectivity index (χ3v) is 4.94. The number of hydrogen-bond donors (Lipinski definition) is 2. The van der Waals surface area contributed by atoms with Crippen LogP contribution >= 0.6 is 0 Å². The Hall–Kier alpha value is -2.04. The lowest BCUT2D eigenvalue weighted by Gasteiger charge is -2.28. The number of amides is 1. The van der Waals surface area contributed by atoms with Gasteiger partial charge in [0.05, 0.1) is 5.92 Å². The van der Waals surface area contributed by atoms with Crippen molar-refractivity contribution in [1.82, 2.24) is 5.32 Å². The first kappa shape index (κ1) is 19.3. The highest BCUT2D eigenvalue weighted by Crippen LogP contribution is 2.30. The van der Waals surface area contributed by atoms with Crippen molar-refractivity contribution in [3.63, 3.8) is 0 Å². The first-order valence-corrected chi connectivity index (χ1v) is 9.11. The molecule has 0 heterocycles. The summed E-state index contributed by atoms with van der Waals surface area (Å²) in [5.41, 5.74) is 2.17. The first-order valence-electron chi connectivity index (χ1n) is 9.11. The molecule has 1 saturated carbocycles. The molecule has 1 fully saturated rings. The van der Waals surface area contributed by atoms with Gasteiger partial charge >= 0.3 is 5.97 Å². The number of rotatable bonds is 7. The molecule has 5 nitrogen and oxygen atoms in total. The molecule has 5 heteroatoms. The van der Waals surface area contributed by atoms with Crippen LogP contribution in [-0.2, 0) is 9.59 Å². The molecule has 1 aromatic carbocycles. The number of carbonyl (C=O) groups excluding carboxylic acids is 1. The van der Waals surface area contributed by atoms with Crippen molar-refractivity contribution in [2.24, 2.45) is 11.8 Å². The van der Waals surface area contributed by atoms with Gasteiger partial charge in [0.2, 0.25) is 0 Å². The van der Waals surface area contributed by atoms with Gasteiger partial charge in [0.1, 0.15) is 5.75 Å². The third kappa shape index (κ3) is 5.48. The average Bonchev–Trinajstić information content (AvgIpc) is 2.58. The molecule has 2 N–H and O–H groups in total. The second-order valence-electron chi connectivity index (χ2n) is 7.28. The Morgan fingerprint density at radius 1 is 1.28 bits per heavy atom. The summed E-state index contributed by atoms with van der Waals surface area (Å²) < 4.78 is 5.73. The van der Waals surface area contributed by atoms with E-state index >= 15 is 0 Å². The zero-order valence-corrected chi connectivity index (χ0v) is 15.4. The summed E-state index contributed by atoms with van der Waals surface area (Å²) in [7, 11) is 0. The zero-order valence-electron chi connectivity index (χ0n) is 15.4. The van der Waals surface area contributed by atoms with Gasteiger partial charge in [-0.25, -0.2) is 0 Å². The minimum absolute atomic E-state index is 0.0143. The number of ether oxygens (including phenoxy) is 1. The second kappa shape index (κ2) is 8.88. The molecule has 138 valence electrons. The van der Waals surface area contributed by atoms with E-state index in [0.717, 1.165) is 36.1 Å². The molecule has 1 aliphatic rings. The van der Waals surface area contributed by atoms with Gasteiger partial charge in [0.15, 0.2) is 6.61 Å². The quantitative estimate of drug-likeness (QED) is 0.791. The summed E-state index contributed by atoms with van der Waals surface area (Å²) in [6, 6.07) is 6.02. The summed E-state index contributed by atoms with van der Waals surface area (Å²) in [6.07, 6.45) is 3.54. The average molecular weight is 347 g/mol. The van der Waals surface area contributed by atoms with Crippen molar-refractivity contribution >= 4 is 11.9 Å². The Bertz CT molecular complexity index is 612. The molecular formula is C20H29NO4. The molecule has 1 aliphatic carbocycles. The Balaban J connectivity index is 1.87. The SMILES string of the molecule is Cc1ccc(C(C)C)c(OCC(=O)NC[C@@H]2CCCC[C@@H]2C(=O)O)c1. The van der Waals surface area contributed by atoms with Gasteiger partial charge < -0.3 is 15.2 Å². The van der Waals surface area contributed by atoms with Crippen LogP contribution in [0.15, 0.2) is 18.2 Å².